The van der Waals surface area contributed by atoms with E-state index >= 15 is 0 Å². The van der Waals surface area contributed by atoms with E-state index in [0.717, 1.165) is 32.4 Å². The average Bonchev–Trinajstić information content (AvgIpc) is 2.44. The van der Waals surface area contributed by atoms with Crippen molar-refractivity contribution in [1.29, 1.82) is 0 Å². The Morgan fingerprint density at radius 3 is 2.63 bits per heavy atom. The van der Waals surface area contributed by atoms with Crippen LogP contribution in [0, 0.1) is 0 Å². The van der Waals surface area contributed by atoms with Gasteiger partial charge >= 0.3 is 0 Å². The van der Waals surface area contributed by atoms with Crippen LogP contribution in [0.1, 0.15) is 58.8 Å². The van der Waals surface area contributed by atoms with Crippen molar-refractivity contribution in [2.24, 2.45) is 0 Å². The highest BCUT2D eigenvalue weighted by atomic mass is 32.2. The van der Waals surface area contributed by atoms with Gasteiger partial charge in [-0.05, 0) is 38.8 Å². The monoisotopic (exact) mass is 286 g/mol. The summed E-state index contributed by atoms with van der Waals surface area (Å²) in [5.41, 5.74) is 0. The molecule has 0 aromatic carbocycles. The van der Waals surface area contributed by atoms with E-state index in [4.69, 9.17) is 0 Å². The van der Waals surface area contributed by atoms with Gasteiger partial charge in [0.2, 0.25) is 5.91 Å². The third kappa shape index (κ3) is 7.83. The topological polar surface area (TPSA) is 41.1 Å². The molecular weight excluding hydrogens is 256 g/mol. The van der Waals surface area contributed by atoms with Crippen LogP contribution in [0.15, 0.2) is 0 Å². The van der Waals surface area contributed by atoms with E-state index in [0.29, 0.717) is 17.0 Å². The molecule has 1 unspecified atom stereocenters. The number of hydrogen-bond acceptors (Lipinski definition) is 3. The Kier molecular flexibility index (Phi) is 9.35. The predicted octanol–water partition coefficient (Wildman–Crippen LogP) is 2.95. The summed E-state index contributed by atoms with van der Waals surface area (Å²) in [6, 6.07) is 0.395. The fourth-order valence-electron chi connectivity index (χ4n) is 2.51. The van der Waals surface area contributed by atoms with Crippen molar-refractivity contribution in [3.63, 3.8) is 0 Å². The number of nitrogens with one attached hydrogen (secondary N) is 2. The zero-order valence-corrected chi connectivity index (χ0v) is 13.4. The Labute approximate surface area is 122 Å². The lowest BCUT2D eigenvalue weighted by Gasteiger charge is -2.23. The van der Waals surface area contributed by atoms with Gasteiger partial charge in [-0.15, -0.1) is 11.8 Å². The molecular formula is C15H30N2OS. The molecule has 1 fully saturated rings. The Balaban J connectivity index is 2.18. The second-order valence-electron chi connectivity index (χ2n) is 5.46. The fourth-order valence-corrected chi connectivity index (χ4v) is 3.55. The standard InChI is InChI=1S/C15H30N2OS/c1-3-5-7-13(6-4-2)17-15(18)12-19-14-8-10-16-11-9-14/h13-14,16H,3-12H2,1-2H3,(H,17,18). The number of hydrogen-bond donors (Lipinski definition) is 2. The lowest BCUT2D eigenvalue weighted by Crippen LogP contribution is -2.37. The van der Waals surface area contributed by atoms with E-state index in [1.807, 2.05) is 11.8 Å². The second kappa shape index (κ2) is 10.6. The van der Waals surface area contributed by atoms with E-state index in [-0.39, 0.29) is 5.91 Å². The third-order valence-corrected chi connectivity index (χ3v) is 5.02. The molecule has 1 amide bonds. The van der Waals surface area contributed by atoms with Gasteiger partial charge in [-0.2, -0.15) is 0 Å². The second-order valence-corrected chi connectivity index (χ2v) is 6.74. The van der Waals surface area contributed by atoms with Crippen molar-refractivity contribution in [3.8, 4) is 0 Å². The zero-order valence-electron chi connectivity index (χ0n) is 12.5. The minimum atomic E-state index is 0.234. The summed E-state index contributed by atoms with van der Waals surface area (Å²) in [7, 11) is 0. The number of piperidine rings is 1. The molecule has 1 atom stereocenters. The first-order chi connectivity index (χ1) is 9.26. The van der Waals surface area contributed by atoms with Crippen molar-refractivity contribution in [1.82, 2.24) is 10.6 Å². The molecule has 0 aromatic heterocycles. The van der Waals surface area contributed by atoms with Crippen LogP contribution in [0.2, 0.25) is 0 Å². The molecule has 1 rings (SSSR count). The summed E-state index contributed by atoms with van der Waals surface area (Å²) in [6.07, 6.45) is 8.22. The molecule has 1 aliphatic heterocycles. The first-order valence-corrected chi connectivity index (χ1v) is 8.92. The highest BCUT2D eigenvalue weighted by molar-refractivity contribution is 8.00. The van der Waals surface area contributed by atoms with Crippen LogP contribution in [-0.4, -0.2) is 36.0 Å². The molecule has 1 heterocycles. The van der Waals surface area contributed by atoms with Gasteiger partial charge in [-0.25, -0.2) is 0 Å². The van der Waals surface area contributed by atoms with Crippen LogP contribution in [-0.2, 0) is 4.79 Å². The number of carbonyl (C=O) groups is 1. The minimum Gasteiger partial charge on any atom is -0.353 e. The van der Waals surface area contributed by atoms with Gasteiger partial charge in [0.25, 0.3) is 0 Å². The van der Waals surface area contributed by atoms with Crippen LogP contribution in [0.4, 0.5) is 0 Å². The van der Waals surface area contributed by atoms with Gasteiger partial charge in [0.1, 0.15) is 0 Å². The summed E-state index contributed by atoms with van der Waals surface area (Å²) in [5.74, 6) is 0.870. The van der Waals surface area contributed by atoms with Crippen LogP contribution >= 0.6 is 11.8 Å². The summed E-state index contributed by atoms with van der Waals surface area (Å²) >= 11 is 1.84. The van der Waals surface area contributed by atoms with Gasteiger partial charge in [-0.3, -0.25) is 4.79 Å². The smallest absolute Gasteiger partial charge is 0.230 e. The molecule has 0 aliphatic carbocycles. The molecule has 1 saturated heterocycles. The van der Waals surface area contributed by atoms with E-state index < -0.39 is 0 Å². The normalized spacial score (nSPS) is 18.2. The Bertz CT molecular complexity index is 242. The molecule has 0 aromatic rings. The SMILES string of the molecule is CCCCC(CCC)NC(=O)CSC1CCNCC1. The molecule has 0 radical (unpaired) electrons. The summed E-state index contributed by atoms with van der Waals surface area (Å²) in [5, 5.41) is 7.25. The fraction of sp³-hybridized carbons (Fsp3) is 0.933. The maximum Gasteiger partial charge on any atom is 0.230 e. The van der Waals surface area contributed by atoms with Gasteiger partial charge in [-0.1, -0.05) is 33.1 Å². The first kappa shape index (κ1) is 16.8. The van der Waals surface area contributed by atoms with Crippen LogP contribution in [0.5, 0.6) is 0 Å². The predicted molar refractivity (Wildman–Crippen MR) is 84.7 cm³/mol. The molecule has 0 spiro atoms. The van der Waals surface area contributed by atoms with Crippen molar-refractivity contribution < 1.29 is 4.79 Å². The van der Waals surface area contributed by atoms with Crippen molar-refractivity contribution in [3.05, 3.63) is 0 Å². The molecule has 4 heteroatoms. The maximum absolute atomic E-state index is 12.0. The molecule has 0 bridgehead atoms. The van der Waals surface area contributed by atoms with Gasteiger partial charge in [0.15, 0.2) is 0 Å². The highest BCUT2D eigenvalue weighted by Crippen LogP contribution is 2.19. The minimum absolute atomic E-state index is 0.234. The highest BCUT2D eigenvalue weighted by Gasteiger charge is 2.16. The van der Waals surface area contributed by atoms with E-state index in [1.54, 1.807) is 0 Å². The molecule has 1 aliphatic rings. The summed E-state index contributed by atoms with van der Waals surface area (Å²) in [6.45, 7) is 6.61. The van der Waals surface area contributed by atoms with E-state index in [1.165, 1.54) is 25.7 Å². The molecule has 0 saturated carbocycles. The Hall–Kier alpha value is -0.220. The van der Waals surface area contributed by atoms with Crippen LogP contribution in [0.3, 0.4) is 0 Å². The first-order valence-electron chi connectivity index (χ1n) is 7.88. The molecule has 19 heavy (non-hydrogen) atoms. The van der Waals surface area contributed by atoms with Crippen LogP contribution in [0.25, 0.3) is 0 Å². The number of unbranched alkanes of at least 4 members (excludes halogenated alkanes) is 1. The number of amides is 1. The molecule has 3 nitrogen and oxygen atoms in total. The van der Waals surface area contributed by atoms with Crippen molar-refractivity contribution in [2.75, 3.05) is 18.8 Å². The summed E-state index contributed by atoms with van der Waals surface area (Å²) < 4.78 is 0. The van der Waals surface area contributed by atoms with Gasteiger partial charge < -0.3 is 10.6 Å². The van der Waals surface area contributed by atoms with Gasteiger partial charge in [0, 0.05) is 11.3 Å². The zero-order chi connectivity index (χ0) is 13.9. The Morgan fingerprint density at radius 1 is 1.26 bits per heavy atom. The number of rotatable bonds is 9. The number of carbonyl (C=O) groups excluding carboxylic acids is 1. The number of thioether (sulfide) groups is 1. The van der Waals surface area contributed by atoms with Crippen LogP contribution < -0.4 is 10.6 Å². The van der Waals surface area contributed by atoms with Crippen molar-refractivity contribution >= 4 is 17.7 Å². The third-order valence-electron chi connectivity index (χ3n) is 3.64. The summed E-state index contributed by atoms with van der Waals surface area (Å²) in [4.78, 5) is 12.0. The van der Waals surface area contributed by atoms with E-state index in [2.05, 4.69) is 24.5 Å². The quantitative estimate of drug-likeness (QED) is 0.685. The average molecular weight is 286 g/mol. The lowest BCUT2D eigenvalue weighted by molar-refractivity contribution is -0.119. The van der Waals surface area contributed by atoms with Gasteiger partial charge in [0.05, 0.1) is 5.75 Å². The maximum atomic E-state index is 12.0. The molecule has 2 N–H and O–H groups in total. The van der Waals surface area contributed by atoms with Crippen molar-refractivity contribution in [2.45, 2.75) is 70.1 Å². The largest absolute Gasteiger partial charge is 0.353 e. The van der Waals surface area contributed by atoms with E-state index in [9.17, 15) is 4.79 Å². The Morgan fingerprint density at radius 2 is 2.00 bits per heavy atom. The molecule has 112 valence electrons. The lowest BCUT2D eigenvalue weighted by atomic mass is 10.1.